The smallest absolute Gasteiger partial charge is 0.310 e. The zero-order chi connectivity index (χ0) is 16.1. The first-order valence-corrected chi connectivity index (χ1v) is 7.32. The summed E-state index contributed by atoms with van der Waals surface area (Å²) in [5.74, 6) is -0.636. The van der Waals surface area contributed by atoms with Crippen molar-refractivity contribution in [1.82, 2.24) is 0 Å². The molecule has 0 fully saturated rings. The van der Waals surface area contributed by atoms with E-state index in [1.54, 1.807) is 25.1 Å². The molecule has 0 aliphatic heterocycles. The van der Waals surface area contributed by atoms with Crippen molar-refractivity contribution in [3.63, 3.8) is 0 Å². The SMILES string of the molecule is CCC(=O)Oc1cccc(Cl)c1COc1cc(Cl)ccc1F. The molecule has 2 aromatic rings. The predicted octanol–water partition coefficient (Wildman–Crippen LogP) is 5.03. The first-order valence-electron chi connectivity index (χ1n) is 6.57. The summed E-state index contributed by atoms with van der Waals surface area (Å²) in [7, 11) is 0. The highest BCUT2D eigenvalue weighted by Gasteiger charge is 2.13. The molecule has 0 radical (unpaired) electrons. The molecule has 3 nitrogen and oxygen atoms in total. The lowest BCUT2D eigenvalue weighted by Crippen LogP contribution is -2.09. The van der Waals surface area contributed by atoms with Gasteiger partial charge >= 0.3 is 5.97 Å². The predicted molar refractivity (Wildman–Crippen MR) is 83.1 cm³/mol. The number of esters is 1. The van der Waals surface area contributed by atoms with Gasteiger partial charge in [0.05, 0.1) is 10.6 Å². The second-order valence-electron chi connectivity index (χ2n) is 4.41. The van der Waals surface area contributed by atoms with Gasteiger partial charge in [0, 0.05) is 17.5 Å². The van der Waals surface area contributed by atoms with Crippen molar-refractivity contribution in [2.24, 2.45) is 0 Å². The van der Waals surface area contributed by atoms with Crippen molar-refractivity contribution in [3.05, 3.63) is 57.8 Å². The topological polar surface area (TPSA) is 35.5 Å². The average Bonchev–Trinajstić information content (AvgIpc) is 2.49. The first kappa shape index (κ1) is 16.6. The molecule has 22 heavy (non-hydrogen) atoms. The Hall–Kier alpha value is -1.78. The van der Waals surface area contributed by atoms with Crippen LogP contribution in [0.4, 0.5) is 4.39 Å². The van der Waals surface area contributed by atoms with E-state index in [-0.39, 0.29) is 18.8 Å². The van der Waals surface area contributed by atoms with Crippen molar-refractivity contribution in [2.45, 2.75) is 20.0 Å². The van der Waals surface area contributed by atoms with Crippen LogP contribution < -0.4 is 9.47 Å². The summed E-state index contributed by atoms with van der Waals surface area (Å²) in [5, 5.41) is 0.719. The Balaban J connectivity index is 2.21. The number of halogens is 3. The minimum absolute atomic E-state index is 0.000174. The molecule has 116 valence electrons. The van der Waals surface area contributed by atoms with E-state index < -0.39 is 11.8 Å². The van der Waals surface area contributed by atoms with Gasteiger partial charge in [-0.05, 0) is 24.3 Å². The molecule has 0 N–H and O–H groups in total. The van der Waals surface area contributed by atoms with Crippen molar-refractivity contribution in [1.29, 1.82) is 0 Å². The average molecular weight is 343 g/mol. The van der Waals surface area contributed by atoms with Gasteiger partial charge in [0.25, 0.3) is 0 Å². The lowest BCUT2D eigenvalue weighted by atomic mass is 10.2. The Morgan fingerprint density at radius 2 is 1.95 bits per heavy atom. The number of benzene rings is 2. The molecular formula is C16H13Cl2FO3. The van der Waals surface area contributed by atoms with Gasteiger partial charge in [-0.1, -0.05) is 36.2 Å². The molecule has 0 heterocycles. The number of rotatable bonds is 5. The largest absolute Gasteiger partial charge is 0.486 e. The second kappa shape index (κ2) is 7.47. The summed E-state index contributed by atoms with van der Waals surface area (Å²) in [6.07, 6.45) is 0.232. The van der Waals surface area contributed by atoms with Crippen molar-refractivity contribution in [2.75, 3.05) is 0 Å². The van der Waals surface area contributed by atoms with Gasteiger partial charge in [-0.2, -0.15) is 0 Å². The summed E-state index contributed by atoms with van der Waals surface area (Å²) < 4.78 is 24.2. The lowest BCUT2D eigenvalue weighted by Gasteiger charge is -2.13. The molecule has 0 aliphatic carbocycles. The maximum absolute atomic E-state index is 13.6. The molecule has 2 rings (SSSR count). The molecule has 0 spiro atoms. The highest BCUT2D eigenvalue weighted by atomic mass is 35.5. The van der Waals surface area contributed by atoms with Crippen LogP contribution in [0, 0.1) is 5.82 Å². The number of ether oxygens (including phenoxy) is 2. The maximum Gasteiger partial charge on any atom is 0.310 e. The van der Waals surface area contributed by atoms with Gasteiger partial charge in [0.1, 0.15) is 12.4 Å². The molecular weight excluding hydrogens is 330 g/mol. The van der Waals surface area contributed by atoms with E-state index in [4.69, 9.17) is 32.7 Å². The molecule has 2 aromatic carbocycles. The quantitative estimate of drug-likeness (QED) is 0.564. The molecule has 0 unspecified atom stereocenters. The maximum atomic E-state index is 13.6. The summed E-state index contributed by atoms with van der Waals surface area (Å²) in [4.78, 5) is 11.4. The fourth-order valence-electron chi connectivity index (χ4n) is 1.71. The van der Waals surface area contributed by atoms with E-state index in [9.17, 15) is 9.18 Å². The summed E-state index contributed by atoms with van der Waals surface area (Å²) in [6.45, 7) is 1.63. The Labute approximate surface area is 137 Å². The minimum Gasteiger partial charge on any atom is -0.486 e. The zero-order valence-corrected chi connectivity index (χ0v) is 13.2. The third-order valence-corrected chi connectivity index (χ3v) is 3.44. The Morgan fingerprint density at radius 1 is 1.18 bits per heavy atom. The van der Waals surface area contributed by atoms with Gasteiger partial charge in [-0.15, -0.1) is 0 Å². The van der Waals surface area contributed by atoms with Gasteiger partial charge in [-0.3, -0.25) is 4.79 Å². The number of hydrogen-bond donors (Lipinski definition) is 0. The lowest BCUT2D eigenvalue weighted by molar-refractivity contribution is -0.134. The fraction of sp³-hybridized carbons (Fsp3) is 0.188. The first-order chi connectivity index (χ1) is 10.5. The minimum atomic E-state index is -0.538. The summed E-state index contributed by atoms with van der Waals surface area (Å²) >= 11 is 11.9. The van der Waals surface area contributed by atoms with Gasteiger partial charge < -0.3 is 9.47 Å². The van der Waals surface area contributed by atoms with E-state index in [1.165, 1.54) is 18.2 Å². The second-order valence-corrected chi connectivity index (χ2v) is 5.25. The van der Waals surface area contributed by atoms with Crippen LogP contribution in [0.5, 0.6) is 11.5 Å². The summed E-state index contributed by atoms with van der Waals surface area (Å²) in [6, 6.07) is 8.90. The van der Waals surface area contributed by atoms with Crippen LogP contribution in [0.15, 0.2) is 36.4 Å². The Bertz CT molecular complexity index is 689. The van der Waals surface area contributed by atoms with Crippen LogP contribution in [0.2, 0.25) is 10.0 Å². The van der Waals surface area contributed by atoms with Gasteiger partial charge in [0.2, 0.25) is 0 Å². The molecule has 6 heteroatoms. The van der Waals surface area contributed by atoms with E-state index in [1.807, 2.05) is 0 Å². The Morgan fingerprint density at radius 3 is 2.68 bits per heavy atom. The fourth-order valence-corrected chi connectivity index (χ4v) is 2.09. The molecule has 0 saturated heterocycles. The molecule has 0 aliphatic rings. The molecule has 0 atom stereocenters. The monoisotopic (exact) mass is 342 g/mol. The van der Waals surface area contributed by atoms with Crippen LogP contribution in [0.1, 0.15) is 18.9 Å². The highest BCUT2D eigenvalue weighted by Crippen LogP contribution is 2.29. The van der Waals surface area contributed by atoms with Crippen molar-refractivity contribution in [3.8, 4) is 11.5 Å². The number of carbonyl (C=O) groups excluding carboxylic acids is 1. The van der Waals surface area contributed by atoms with E-state index in [0.29, 0.717) is 21.4 Å². The normalized spacial score (nSPS) is 10.4. The standard InChI is InChI=1S/C16H13Cl2FO3/c1-2-16(20)22-14-5-3-4-12(18)11(14)9-21-15-8-10(17)6-7-13(15)19/h3-8H,2,9H2,1H3. The molecule has 0 bridgehead atoms. The van der Waals surface area contributed by atoms with Crippen LogP contribution in [0.25, 0.3) is 0 Å². The van der Waals surface area contributed by atoms with Gasteiger partial charge in [0.15, 0.2) is 11.6 Å². The van der Waals surface area contributed by atoms with Crippen LogP contribution in [-0.2, 0) is 11.4 Å². The highest BCUT2D eigenvalue weighted by molar-refractivity contribution is 6.31. The van der Waals surface area contributed by atoms with Crippen molar-refractivity contribution >= 4 is 29.2 Å². The summed E-state index contributed by atoms with van der Waals surface area (Å²) in [5.41, 5.74) is 0.463. The third kappa shape index (κ3) is 4.12. The van der Waals surface area contributed by atoms with Crippen LogP contribution in [-0.4, -0.2) is 5.97 Å². The Kier molecular flexibility index (Phi) is 5.63. The molecule has 0 amide bonds. The van der Waals surface area contributed by atoms with Crippen LogP contribution >= 0.6 is 23.2 Å². The number of carbonyl (C=O) groups is 1. The third-order valence-electron chi connectivity index (χ3n) is 2.85. The zero-order valence-electron chi connectivity index (χ0n) is 11.7. The molecule has 0 aromatic heterocycles. The van der Waals surface area contributed by atoms with Crippen LogP contribution in [0.3, 0.4) is 0 Å². The van der Waals surface area contributed by atoms with E-state index in [2.05, 4.69) is 0 Å². The van der Waals surface area contributed by atoms with E-state index >= 15 is 0 Å². The van der Waals surface area contributed by atoms with Gasteiger partial charge in [-0.25, -0.2) is 4.39 Å². The molecule has 0 saturated carbocycles. The van der Waals surface area contributed by atoms with E-state index in [0.717, 1.165) is 0 Å². The number of hydrogen-bond acceptors (Lipinski definition) is 3. The van der Waals surface area contributed by atoms with Crippen molar-refractivity contribution < 1.29 is 18.7 Å².